The van der Waals surface area contributed by atoms with E-state index in [9.17, 15) is 4.79 Å². The molecule has 2 rings (SSSR count). The molecule has 4 nitrogen and oxygen atoms in total. The molecule has 1 unspecified atom stereocenters. The SMILES string of the molecule is CCOc1cc(C=O)cc(OC2CCCCO2)c1. The number of carbonyl (C=O) groups excluding carboxylic acids is 1. The molecule has 4 heteroatoms. The number of rotatable bonds is 5. The normalized spacial score (nSPS) is 19.3. The lowest BCUT2D eigenvalue weighted by molar-refractivity contribution is -0.105. The molecule has 0 N–H and O–H groups in total. The van der Waals surface area contributed by atoms with Gasteiger partial charge in [-0.15, -0.1) is 0 Å². The predicted octanol–water partition coefficient (Wildman–Crippen LogP) is 2.80. The molecule has 1 saturated heterocycles. The Bertz CT molecular complexity index is 397. The highest BCUT2D eigenvalue weighted by Gasteiger charge is 2.15. The summed E-state index contributed by atoms with van der Waals surface area (Å²) >= 11 is 0. The molecule has 98 valence electrons. The molecular weight excluding hydrogens is 232 g/mol. The van der Waals surface area contributed by atoms with Crippen LogP contribution in [0.15, 0.2) is 18.2 Å². The van der Waals surface area contributed by atoms with Gasteiger partial charge in [-0.2, -0.15) is 0 Å². The van der Waals surface area contributed by atoms with Crippen molar-refractivity contribution in [1.82, 2.24) is 0 Å². The molecule has 1 aliphatic rings. The zero-order chi connectivity index (χ0) is 12.8. The van der Waals surface area contributed by atoms with Crippen LogP contribution in [0, 0.1) is 0 Å². The van der Waals surface area contributed by atoms with Crippen molar-refractivity contribution in [2.45, 2.75) is 32.5 Å². The Balaban J connectivity index is 2.09. The van der Waals surface area contributed by atoms with E-state index in [4.69, 9.17) is 14.2 Å². The van der Waals surface area contributed by atoms with Gasteiger partial charge in [0.2, 0.25) is 0 Å². The maximum atomic E-state index is 10.9. The van der Waals surface area contributed by atoms with E-state index in [1.165, 1.54) is 0 Å². The minimum Gasteiger partial charge on any atom is -0.494 e. The summed E-state index contributed by atoms with van der Waals surface area (Å²) in [4.78, 5) is 10.9. The van der Waals surface area contributed by atoms with Crippen molar-refractivity contribution in [2.24, 2.45) is 0 Å². The first kappa shape index (κ1) is 12.9. The van der Waals surface area contributed by atoms with Crippen molar-refractivity contribution in [3.8, 4) is 11.5 Å². The first-order valence-electron chi connectivity index (χ1n) is 6.33. The van der Waals surface area contributed by atoms with Gasteiger partial charge in [0.15, 0.2) is 6.29 Å². The summed E-state index contributed by atoms with van der Waals surface area (Å²) in [5.41, 5.74) is 0.548. The van der Waals surface area contributed by atoms with Crippen molar-refractivity contribution in [2.75, 3.05) is 13.2 Å². The lowest BCUT2D eigenvalue weighted by Gasteiger charge is -2.23. The predicted molar refractivity (Wildman–Crippen MR) is 67.2 cm³/mol. The number of aldehydes is 1. The van der Waals surface area contributed by atoms with Gasteiger partial charge >= 0.3 is 0 Å². The molecule has 18 heavy (non-hydrogen) atoms. The Kier molecular flexibility index (Phi) is 4.59. The van der Waals surface area contributed by atoms with Crippen LogP contribution in [-0.2, 0) is 4.74 Å². The fraction of sp³-hybridized carbons (Fsp3) is 0.500. The molecule has 0 aliphatic carbocycles. The van der Waals surface area contributed by atoms with E-state index in [0.29, 0.717) is 23.7 Å². The quantitative estimate of drug-likeness (QED) is 0.754. The molecule has 1 atom stereocenters. The van der Waals surface area contributed by atoms with Crippen LogP contribution in [0.4, 0.5) is 0 Å². The average molecular weight is 250 g/mol. The Morgan fingerprint density at radius 1 is 1.33 bits per heavy atom. The highest BCUT2D eigenvalue weighted by molar-refractivity contribution is 5.76. The Morgan fingerprint density at radius 3 is 2.83 bits per heavy atom. The Labute approximate surface area is 107 Å². The van der Waals surface area contributed by atoms with Crippen molar-refractivity contribution in [1.29, 1.82) is 0 Å². The standard InChI is InChI=1S/C14H18O4/c1-2-16-12-7-11(10-15)8-13(9-12)18-14-5-3-4-6-17-14/h7-10,14H,2-6H2,1H3. The average Bonchev–Trinajstić information content (AvgIpc) is 2.40. The van der Waals surface area contributed by atoms with Crippen LogP contribution in [0.2, 0.25) is 0 Å². The fourth-order valence-corrected chi connectivity index (χ4v) is 1.94. The first-order valence-corrected chi connectivity index (χ1v) is 6.33. The van der Waals surface area contributed by atoms with E-state index in [0.717, 1.165) is 32.2 Å². The van der Waals surface area contributed by atoms with Crippen LogP contribution in [0.1, 0.15) is 36.5 Å². The van der Waals surface area contributed by atoms with Crippen LogP contribution in [0.5, 0.6) is 11.5 Å². The van der Waals surface area contributed by atoms with Crippen LogP contribution in [0.25, 0.3) is 0 Å². The maximum absolute atomic E-state index is 10.9. The summed E-state index contributed by atoms with van der Waals surface area (Å²) in [7, 11) is 0. The molecule has 0 aromatic heterocycles. The molecule has 1 aromatic carbocycles. The van der Waals surface area contributed by atoms with Gasteiger partial charge in [-0.05, 0) is 31.9 Å². The van der Waals surface area contributed by atoms with E-state index in [-0.39, 0.29) is 6.29 Å². The maximum Gasteiger partial charge on any atom is 0.199 e. The number of benzene rings is 1. The molecule has 0 saturated carbocycles. The summed E-state index contributed by atoms with van der Waals surface area (Å²) < 4.78 is 16.6. The number of hydrogen-bond donors (Lipinski definition) is 0. The smallest absolute Gasteiger partial charge is 0.199 e. The third-order valence-corrected chi connectivity index (χ3v) is 2.75. The minimum atomic E-state index is -0.213. The van der Waals surface area contributed by atoms with Gasteiger partial charge in [0.1, 0.15) is 17.8 Å². The topological polar surface area (TPSA) is 44.8 Å². The van der Waals surface area contributed by atoms with Gasteiger partial charge in [0.05, 0.1) is 13.2 Å². The summed E-state index contributed by atoms with van der Waals surface area (Å²) in [6.45, 7) is 3.19. The third-order valence-electron chi connectivity index (χ3n) is 2.75. The number of hydrogen-bond acceptors (Lipinski definition) is 4. The summed E-state index contributed by atoms with van der Waals surface area (Å²) in [6, 6.07) is 5.19. The highest BCUT2D eigenvalue weighted by Crippen LogP contribution is 2.25. The van der Waals surface area contributed by atoms with Crippen molar-refractivity contribution in [3.63, 3.8) is 0 Å². The highest BCUT2D eigenvalue weighted by atomic mass is 16.7. The minimum absolute atomic E-state index is 0.213. The second-order valence-corrected chi connectivity index (χ2v) is 4.20. The molecule has 0 amide bonds. The first-order chi connectivity index (χ1) is 8.81. The Morgan fingerprint density at radius 2 is 2.17 bits per heavy atom. The Hall–Kier alpha value is -1.55. The molecule has 1 aliphatic heterocycles. The van der Waals surface area contributed by atoms with E-state index in [2.05, 4.69) is 0 Å². The molecule has 0 radical (unpaired) electrons. The zero-order valence-electron chi connectivity index (χ0n) is 10.6. The van der Waals surface area contributed by atoms with Crippen LogP contribution < -0.4 is 9.47 Å². The van der Waals surface area contributed by atoms with Crippen molar-refractivity contribution < 1.29 is 19.0 Å². The van der Waals surface area contributed by atoms with Crippen LogP contribution in [-0.4, -0.2) is 25.8 Å². The van der Waals surface area contributed by atoms with Gasteiger partial charge < -0.3 is 14.2 Å². The molecule has 1 aromatic rings. The summed E-state index contributed by atoms with van der Waals surface area (Å²) in [6.07, 6.45) is 3.65. The fourth-order valence-electron chi connectivity index (χ4n) is 1.94. The summed E-state index contributed by atoms with van der Waals surface area (Å²) in [5.74, 6) is 1.27. The molecule has 0 bridgehead atoms. The number of carbonyl (C=O) groups is 1. The van der Waals surface area contributed by atoms with Gasteiger partial charge in [-0.25, -0.2) is 0 Å². The number of ether oxygens (including phenoxy) is 3. The zero-order valence-corrected chi connectivity index (χ0v) is 10.6. The van der Waals surface area contributed by atoms with E-state index >= 15 is 0 Å². The molecule has 1 fully saturated rings. The van der Waals surface area contributed by atoms with E-state index < -0.39 is 0 Å². The van der Waals surface area contributed by atoms with Crippen LogP contribution in [0.3, 0.4) is 0 Å². The monoisotopic (exact) mass is 250 g/mol. The van der Waals surface area contributed by atoms with Crippen LogP contribution >= 0.6 is 0 Å². The van der Waals surface area contributed by atoms with Gasteiger partial charge in [-0.3, -0.25) is 4.79 Å². The lowest BCUT2D eigenvalue weighted by atomic mass is 10.2. The second kappa shape index (κ2) is 6.40. The van der Waals surface area contributed by atoms with Gasteiger partial charge in [0.25, 0.3) is 0 Å². The summed E-state index contributed by atoms with van der Waals surface area (Å²) in [5, 5.41) is 0. The van der Waals surface area contributed by atoms with Gasteiger partial charge in [-0.1, -0.05) is 0 Å². The molecule has 1 heterocycles. The molecular formula is C14H18O4. The largest absolute Gasteiger partial charge is 0.494 e. The van der Waals surface area contributed by atoms with E-state index in [1.807, 2.05) is 6.92 Å². The van der Waals surface area contributed by atoms with Crippen molar-refractivity contribution in [3.05, 3.63) is 23.8 Å². The van der Waals surface area contributed by atoms with Crippen molar-refractivity contribution >= 4 is 6.29 Å². The lowest BCUT2D eigenvalue weighted by Crippen LogP contribution is -2.25. The third kappa shape index (κ3) is 3.47. The van der Waals surface area contributed by atoms with Gasteiger partial charge in [0, 0.05) is 18.1 Å². The second-order valence-electron chi connectivity index (χ2n) is 4.20. The van der Waals surface area contributed by atoms with E-state index in [1.54, 1.807) is 18.2 Å². The molecule has 0 spiro atoms.